The van der Waals surface area contributed by atoms with Gasteiger partial charge in [0.25, 0.3) is 0 Å². The predicted molar refractivity (Wildman–Crippen MR) is 28.2 cm³/mol. The number of hydrogen-bond acceptors (Lipinski definition) is 2. The second kappa shape index (κ2) is 1.63. The predicted octanol–water partition coefficient (Wildman–Crippen LogP) is 0.434. The molecule has 0 bridgehead atoms. The van der Waals surface area contributed by atoms with E-state index in [-0.39, 0.29) is 6.61 Å². The van der Waals surface area contributed by atoms with E-state index in [1.807, 2.05) is 0 Å². The average Bonchev–Trinajstić information content (AvgIpc) is 1.61. The van der Waals surface area contributed by atoms with Crippen LogP contribution in [-0.4, -0.2) is 28.9 Å². The van der Waals surface area contributed by atoms with Crippen LogP contribution in [0.25, 0.3) is 0 Å². The van der Waals surface area contributed by atoms with E-state index in [0.717, 1.165) is 0 Å². The van der Waals surface area contributed by atoms with Crippen molar-refractivity contribution in [3.8, 4) is 0 Å². The summed E-state index contributed by atoms with van der Waals surface area (Å²) in [7, 11) is 0. The minimum Gasteiger partial charge on any atom is -0.393 e. The summed E-state index contributed by atoms with van der Waals surface area (Å²) < 4.78 is 12.4. The van der Waals surface area contributed by atoms with E-state index in [4.69, 9.17) is 5.11 Å². The Kier molecular flexibility index (Phi) is 1.26. The van der Waals surface area contributed by atoms with Crippen LogP contribution in [0.1, 0.15) is 0 Å². The SMILES string of the molecule is OCC1(F)CSC1. The van der Waals surface area contributed by atoms with E-state index < -0.39 is 5.67 Å². The molecule has 3 heteroatoms. The number of aliphatic hydroxyl groups excluding tert-OH is 1. The van der Waals surface area contributed by atoms with Gasteiger partial charge in [-0.15, -0.1) is 0 Å². The summed E-state index contributed by atoms with van der Waals surface area (Å²) in [5.41, 5.74) is -1.22. The molecule has 0 unspecified atom stereocenters. The summed E-state index contributed by atoms with van der Waals surface area (Å²) in [5, 5.41) is 8.26. The minimum atomic E-state index is -1.22. The molecule has 1 aliphatic heterocycles. The zero-order valence-corrected chi connectivity index (χ0v) is 4.67. The van der Waals surface area contributed by atoms with Crippen molar-refractivity contribution in [3.63, 3.8) is 0 Å². The molecule has 0 aromatic rings. The van der Waals surface area contributed by atoms with Crippen molar-refractivity contribution in [2.75, 3.05) is 18.1 Å². The van der Waals surface area contributed by atoms with Crippen molar-refractivity contribution in [2.45, 2.75) is 5.67 Å². The maximum Gasteiger partial charge on any atom is 0.151 e. The first-order valence-electron chi connectivity index (χ1n) is 2.14. The third-order valence-corrected chi connectivity index (χ3v) is 2.45. The van der Waals surface area contributed by atoms with Gasteiger partial charge in [0.2, 0.25) is 0 Å². The molecule has 0 aromatic carbocycles. The number of aliphatic hydroxyl groups is 1. The molecule has 0 aliphatic carbocycles. The van der Waals surface area contributed by atoms with Gasteiger partial charge in [-0.25, -0.2) is 4.39 Å². The van der Waals surface area contributed by atoms with Gasteiger partial charge in [-0.1, -0.05) is 0 Å². The Bertz CT molecular complexity index is 66.6. The van der Waals surface area contributed by atoms with Gasteiger partial charge in [0, 0.05) is 11.5 Å². The molecule has 1 N–H and O–H groups in total. The maximum atomic E-state index is 12.4. The molecule has 0 amide bonds. The van der Waals surface area contributed by atoms with E-state index in [2.05, 4.69) is 0 Å². The lowest BCUT2D eigenvalue weighted by Crippen LogP contribution is -2.41. The van der Waals surface area contributed by atoms with E-state index in [1.54, 1.807) is 0 Å². The molecule has 42 valence electrons. The molecule has 1 fully saturated rings. The molecule has 1 aliphatic rings. The van der Waals surface area contributed by atoms with Crippen LogP contribution in [0.3, 0.4) is 0 Å². The highest BCUT2D eigenvalue weighted by Crippen LogP contribution is 2.32. The maximum absolute atomic E-state index is 12.4. The lowest BCUT2D eigenvalue weighted by Gasteiger charge is -2.30. The van der Waals surface area contributed by atoms with Crippen LogP contribution < -0.4 is 0 Å². The number of halogens is 1. The quantitative estimate of drug-likeness (QED) is 0.544. The Balaban J connectivity index is 2.29. The fraction of sp³-hybridized carbons (Fsp3) is 1.00. The monoisotopic (exact) mass is 122 g/mol. The van der Waals surface area contributed by atoms with Crippen molar-refractivity contribution >= 4 is 11.8 Å². The molecule has 1 rings (SSSR count). The number of rotatable bonds is 1. The molecular formula is C4H7FOS. The highest BCUT2D eigenvalue weighted by atomic mass is 32.2. The lowest BCUT2D eigenvalue weighted by atomic mass is 10.2. The first-order valence-corrected chi connectivity index (χ1v) is 3.30. The van der Waals surface area contributed by atoms with E-state index in [1.165, 1.54) is 11.8 Å². The molecule has 0 spiro atoms. The Morgan fingerprint density at radius 1 is 1.71 bits per heavy atom. The fourth-order valence-corrected chi connectivity index (χ4v) is 1.24. The highest BCUT2D eigenvalue weighted by Gasteiger charge is 2.36. The van der Waals surface area contributed by atoms with Gasteiger partial charge < -0.3 is 5.11 Å². The van der Waals surface area contributed by atoms with Gasteiger partial charge in [-0.05, 0) is 0 Å². The van der Waals surface area contributed by atoms with Crippen molar-refractivity contribution in [1.82, 2.24) is 0 Å². The molecule has 0 aromatic heterocycles. The standard InChI is InChI=1S/C4H7FOS/c5-4(1-6)2-7-3-4/h6H,1-3H2. The van der Waals surface area contributed by atoms with Crippen LogP contribution in [0.15, 0.2) is 0 Å². The Hall–Kier alpha value is 0.240. The topological polar surface area (TPSA) is 20.2 Å². The van der Waals surface area contributed by atoms with Crippen LogP contribution in [0.2, 0.25) is 0 Å². The second-order valence-corrected chi connectivity index (χ2v) is 2.79. The zero-order chi connectivity index (χ0) is 5.33. The summed E-state index contributed by atoms with van der Waals surface area (Å²) in [5.74, 6) is 0.951. The summed E-state index contributed by atoms with van der Waals surface area (Å²) in [6, 6.07) is 0. The van der Waals surface area contributed by atoms with Crippen LogP contribution in [0.5, 0.6) is 0 Å². The Labute approximate surface area is 45.9 Å². The highest BCUT2D eigenvalue weighted by molar-refractivity contribution is 8.00. The molecule has 1 nitrogen and oxygen atoms in total. The summed E-state index contributed by atoms with van der Waals surface area (Å²) >= 11 is 1.53. The van der Waals surface area contributed by atoms with Crippen LogP contribution in [0.4, 0.5) is 4.39 Å². The van der Waals surface area contributed by atoms with Gasteiger partial charge >= 0.3 is 0 Å². The van der Waals surface area contributed by atoms with Crippen molar-refractivity contribution < 1.29 is 9.50 Å². The largest absolute Gasteiger partial charge is 0.393 e. The van der Waals surface area contributed by atoms with Gasteiger partial charge in [0.15, 0.2) is 5.67 Å². The van der Waals surface area contributed by atoms with Gasteiger partial charge in [0.1, 0.15) is 0 Å². The van der Waals surface area contributed by atoms with E-state index in [0.29, 0.717) is 11.5 Å². The molecule has 0 atom stereocenters. The average molecular weight is 122 g/mol. The Morgan fingerprint density at radius 3 is 2.29 bits per heavy atom. The van der Waals surface area contributed by atoms with Crippen molar-refractivity contribution in [2.24, 2.45) is 0 Å². The lowest BCUT2D eigenvalue weighted by molar-refractivity contribution is 0.104. The normalized spacial score (nSPS) is 26.6. The molecule has 7 heavy (non-hydrogen) atoms. The molecule has 0 saturated carbocycles. The zero-order valence-electron chi connectivity index (χ0n) is 3.85. The minimum absolute atomic E-state index is 0.306. The Morgan fingerprint density at radius 2 is 2.29 bits per heavy atom. The van der Waals surface area contributed by atoms with Crippen LogP contribution in [0, 0.1) is 0 Å². The number of hydrogen-bond donors (Lipinski definition) is 1. The molecular weight excluding hydrogens is 115 g/mol. The van der Waals surface area contributed by atoms with Gasteiger partial charge in [-0.3, -0.25) is 0 Å². The van der Waals surface area contributed by atoms with Crippen molar-refractivity contribution in [3.05, 3.63) is 0 Å². The molecule has 1 saturated heterocycles. The summed E-state index contributed by atoms with van der Waals surface area (Å²) in [4.78, 5) is 0. The van der Waals surface area contributed by atoms with Gasteiger partial charge in [-0.2, -0.15) is 11.8 Å². The first-order chi connectivity index (χ1) is 3.27. The number of alkyl halides is 1. The van der Waals surface area contributed by atoms with E-state index >= 15 is 0 Å². The number of thioether (sulfide) groups is 1. The molecule has 0 radical (unpaired) electrons. The van der Waals surface area contributed by atoms with Crippen LogP contribution in [-0.2, 0) is 0 Å². The van der Waals surface area contributed by atoms with E-state index in [9.17, 15) is 4.39 Å². The molecule has 1 heterocycles. The van der Waals surface area contributed by atoms with Crippen molar-refractivity contribution in [1.29, 1.82) is 0 Å². The third kappa shape index (κ3) is 0.888. The fourth-order valence-electron chi connectivity index (χ4n) is 0.415. The summed E-state index contributed by atoms with van der Waals surface area (Å²) in [6.07, 6.45) is 0. The van der Waals surface area contributed by atoms with Crippen LogP contribution >= 0.6 is 11.8 Å². The van der Waals surface area contributed by atoms with Gasteiger partial charge in [0.05, 0.1) is 6.61 Å². The summed E-state index contributed by atoms with van der Waals surface area (Å²) in [6.45, 7) is -0.306. The third-order valence-electron chi connectivity index (χ3n) is 1.00. The first kappa shape index (κ1) is 5.38. The smallest absolute Gasteiger partial charge is 0.151 e. The second-order valence-electron chi connectivity index (χ2n) is 1.80.